The summed E-state index contributed by atoms with van der Waals surface area (Å²) in [4.78, 5) is 8.05. The Hall–Kier alpha value is -0.720. The smallest absolute Gasteiger partial charge is 0.316 e. The monoisotopic (exact) mass is 287 g/mol. The van der Waals surface area contributed by atoms with Crippen molar-refractivity contribution >= 4 is 15.9 Å². The average molecular weight is 288 g/mol. The molecular formula is C10H14BrN3O2. The quantitative estimate of drug-likeness (QED) is 0.899. The summed E-state index contributed by atoms with van der Waals surface area (Å²) in [5.74, 6) is 0. The number of halogens is 1. The normalized spacial score (nSPS) is 25.4. The molecule has 0 saturated carbocycles. The van der Waals surface area contributed by atoms with Gasteiger partial charge in [-0.3, -0.25) is 0 Å². The zero-order chi connectivity index (χ0) is 11.4. The first kappa shape index (κ1) is 11.8. The lowest BCUT2D eigenvalue weighted by molar-refractivity contribution is -0.0483. The highest BCUT2D eigenvalue weighted by Gasteiger charge is 2.19. The number of hydrogen-bond acceptors (Lipinski definition) is 5. The SMILES string of the molecule is CC1CNCC(COc2ncc(Br)cn2)O1. The number of nitrogens with one attached hydrogen (secondary N) is 1. The second-order valence-electron chi connectivity index (χ2n) is 3.72. The van der Waals surface area contributed by atoms with Gasteiger partial charge in [0.2, 0.25) is 0 Å². The maximum absolute atomic E-state index is 5.68. The van der Waals surface area contributed by atoms with Crippen LogP contribution in [0.3, 0.4) is 0 Å². The summed E-state index contributed by atoms with van der Waals surface area (Å²) >= 11 is 3.27. The van der Waals surface area contributed by atoms with Crippen molar-refractivity contribution in [2.75, 3.05) is 19.7 Å². The van der Waals surface area contributed by atoms with Gasteiger partial charge in [0, 0.05) is 25.5 Å². The molecule has 16 heavy (non-hydrogen) atoms. The zero-order valence-electron chi connectivity index (χ0n) is 9.02. The Labute approximate surface area is 103 Å². The second kappa shape index (κ2) is 5.56. The van der Waals surface area contributed by atoms with Crippen LogP contribution in [-0.2, 0) is 4.74 Å². The summed E-state index contributed by atoms with van der Waals surface area (Å²) < 4.78 is 12.0. The Morgan fingerprint density at radius 1 is 1.50 bits per heavy atom. The van der Waals surface area contributed by atoms with E-state index in [1.165, 1.54) is 0 Å². The van der Waals surface area contributed by atoms with Gasteiger partial charge in [0.25, 0.3) is 0 Å². The minimum Gasteiger partial charge on any atom is -0.461 e. The summed E-state index contributed by atoms with van der Waals surface area (Å²) in [6.07, 6.45) is 3.61. The molecule has 1 aromatic heterocycles. The van der Waals surface area contributed by atoms with Gasteiger partial charge < -0.3 is 14.8 Å². The first-order valence-corrected chi connectivity index (χ1v) is 6.00. The molecule has 2 atom stereocenters. The molecule has 1 N–H and O–H groups in total. The van der Waals surface area contributed by atoms with E-state index in [2.05, 4.69) is 31.2 Å². The van der Waals surface area contributed by atoms with Crippen molar-refractivity contribution in [2.24, 2.45) is 0 Å². The van der Waals surface area contributed by atoms with E-state index < -0.39 is 0 Å². The van der Waals surface area contributed by atoms with E-state index in [0.717, 1.165) is 17.6 Å². The van der Waals surface area contributed by atoms with Gasteiger partial charge in [-0.2, -0.15) is 0 Å². The molecule has 2 rings (SSSR count). The van der Waals surface area contributed by atoms with Crippen LogP contribution in [0.25, 0.3) is 0 Å². The molecule has 2 unspecified atom stereocenters. The molecule has 2 heterocycles. The first-order valence-electron chi connectivity index (χ1n) is 5.20. The van der Waals surface area contributed by atoms with Gasteiger partial charge in [0.1, 0.15) is 12.7 Å². The number of aromatic nitrogens is 2. The molecule has 6 heteroatoms. The highest BCUT2D eigenvalue weighted by Crippen LogP contribution is 2.09. The van der Waals surface area contributed by atoms with Crippen LogP contribution < -0.4 is 10.1 Å². The fourth-order valence-electron chi connectivity index (χ4n) is 1.51. The van der Waals surface area contributed by atoms with Crippen molar-refractivity contribution < 1.29 is 9.47 Å². The molecule has 5 nitrogen and oxygen atoms in total. The van der Waals surface area contributed by atoms with Crippen molar-refractivity contribution in [3.63, 3.8) is 0 Å². The summed E-state index contributed by atoms with van der Waals surface area (Å²) in [5, 5.41) is 3.28. The molecule has 0 spiro atoms. The van der Waals surface area contributed by atoms with E-state index >= 15 is 0 Å². The Morgan fingerprint density at radius 2 is 2.25 bits per heavy atom. The summed E-state index contributed by atoms with van der Waals surface area (Å²) in [6, 6.07) is 0.380. The lowest BCUT2D eigenvalue weighted by atomic mass is 10.2. The third-order valence-electron chi connectivity index (χ3n) is 2.22. The van der Waals surface area contributed by atoms with Crippen LogP contribution in [0.5, 0.6) is 6.01 Å². The largest absolute Gasteiger partial charge is 0.461 e. The molecule has 88 valence electrons. The first-order chi connectivity index (χ1) is 7.74. The zero-order valence-corrected chi connectivity index (χ0v) is 10.6. The van der Waals surface area contributed by atoms with Crippen LogP contribution in [-0.4, -0.2) is 41.9 Å². The molecule has 1 aliphatic heterocycles. The van der Waals surface area contributed by atoms with Gasteiger partial charge >= 0.3 is 6.01 Å². The summed E-state index contributed by atoms with van der Waals surface area (Å²) in [7, 11) is 0. The lowest BCUT2D eigenvalue weighted by Crippen LogP contribution is -2.45. The van der Waals surface area contributed by atoms with E-state index in [1.54, 1.807) is 12.4 Å². The molecule has 0 amide bonds. The van der Waals surface area contributed by atoms with Crippen molar-refractivity contribution in [3.8, 4) is 6.01 Å². The van der Waals surface area contributed by atoms with E-state index in [0.29, 0.717) is 12.6 Å². The second-order valence-corrected chi connectivity index (χ2v) is 4.64. The van der Waals surface area contributed by atoms with Gasteiger partial charge in [0.15, 0.2) is 0 Å². The van der Waals surface area contributed by atoms with Crippen LogP contribution in [0, 0.1) is 0 Å². The molecule has 1 fully saturated rings. The summed E-state index contributed by atoms with van der Waals surface area (Å²) in [6.45, 7) is 4.21. The Kier molecular flexibility index (Phi) is 4.09. The maximum atomic E-state index is 5.68. The fraction of sp³-hybridized carbons (Fsp3) is 0.600. The Bertz CT molecular complexity index is 333. The highest BCUT2D eigenvalue weighted by molar-refractivity contribution is 9.10. The van der Waals surface area contributed by atoms with Crippen molar-refractivity contribution in [1.29, 1.82) is 0 Å². The van der Waals surface area contributed by atoms with Crippen LogP contribution in [0.1, 0.15) is 6.92 Å². The van der Waals surface area contributed by atoms with Crippen molar-refractivity contribution in [1.82, 2.24) is 15.3 Å². The maximum Gasteiger partial charge on any atom is 0.316 e. The van der Waals surface area contributed by atoms with Crippen LogP contribution in [0.2, 0.25) is 0 Å². The van der Waals surface area contributed by atoms with Crippen molar-refractivity contribution in [2.45, 2.75) is 19.1 Å². The third kappa shape index (κ3) is 3.40. The summed E-state index contributed by atoms with van der Waals surface area (Å²) in [5.41, 5.74) is 0. The standard InChI is InChI=1S/C10H14BrN3O2/c1-7-2-12-5-9(16-7)6-15-10-13-3-8(11)4-14-10/h3-4,7,9,12H,2,5-6H2,1H3. The number of morpholine rings is 1. The highest BCUT2D eigenvalue weighted by atomic mass is 79.9. The average Bonchev–Trinajstić information content (AvgIpc) is 2.28. The minimum absolute atomic E-state index is 0.0657. The van der Waals surface area contributed by atoms with Gasteiger partial charge in [-0.15, -0.1) is 0 Å². The van der Waals surface area contributed by atoms with E-state index in [1.807, 2.05) is 6.92 Å². The number of rotatable bonds is 3. The van der Waals surface area contributed by atoms with Crippen LogP contribution in [0.15, 0.2) is 16.9 Å². The van der Waals surface area contributed by atoms with Gasteiger partial charge in [0.05, 0.1) is 10.6 Å². The van der Waals surface area contributed by atoms with Gasteiger partial charge in [-0.25, -0.2) is 9.97 Å². The van der Waals surface area contributed by atoms with Crippen LogP contribution in [0.4, 0.5) is 0 Å². The molecular weight excluding hydrogens is 274 g/mol. The molecule has 0 aromatic carbocycles. The predicted molar refractivity (Wildman–Crippen MR) is 62.4 cm³/mol. The molecule has 0 aliphatic carbocycles. The molecule has 1 aliphatic rings. The fourth-order valence-corrected chi connectivity index (χ4v) is 1.72. The van der Waals surface area contributed by atoms with E-state index in [9.17, 15) is 0 Å². The lowest BCUT2D eigenvalue weighted by Gasteiger charge is -2.28. The van der Waals surface area contributed by atoms with Gasteiger partial charge in [-0.1, -0.05) is 0 Å². The molecule has 1 aromatic rings. The van der Waals surface area contributed by atoms with E-state index in [-0.39, 0.29) is 12.2 Å². The molecule has 0 radical (unpaired) electrons. The number of ether oxygens (including phenoxy) is 2. The van der Waals surface area contributed by atoms with Gasteiger partial charge in [-0.05, 0) is 22.9 Å². The van der Waals surface area contributed by atoms with Crippen molar-refractivity contribution in [3.05, 3.63) is 16.9 Å². The predicted octanol–water partition coefficient (Wildman–Crippen LogP) is 0.995. The molecule has 0 bridgehead atoms. The number of hydrogen-bond donors (Lipinski definition) is 1. The minimum atomic E-state index is 0.0657. The Morgan fingerprint density at radius 3 is 2.94 bits per heavy atom. The Balaban J connectivity index is 1.80. The van der Waals surface area contributed by atoms with E-state index in [4.69, 9.17) is 9.47 Å². The molecule has 1 saturated heterocycles. The third-order valence-corrected chi connectivity index (χ3v) is 2.63. The van der Waals surface area contributed by atoms with Crippen LogP contribution >= 0.6 is 15.9 Å². The number of nitrogens with zero attached hydrogens (tertiary/aromatic N) is 2. The topological polar surface area (TPSA) is 56.3 Å².